The Morgan fingerprint density at radius 1 is 0.500 bits per heavy atom. The Morgan fingerprint density at radius 3 is 1.10 bits per heavy atom. The van der Waals surface area contributed by atoms with E-state index in [1.807, 2.05) is 0 Å². The van der Waals surface area contributed by atoms with Gasteiger partial charge in [-0.25, -0.2) is 0 Å². The maximum atomic E-state index is 12.3. The Bertz CT molecular complexity index is 1580. The van der Waals surface area contributed by atoms with Crippen LogP contribution in [-0.2, 0) is 19.1 Å². The van der Waals surface area contributed by atoms with Gasteiger partial charge in [0.1, 0.15) is 6.10 Å². The summed E-state index contributed by atoms with van der Waals surface area (Å²) in [6.07, 6.45) is 5.85. The Labute approximate surface area is 287 Å². The van der Waals surface area contributed by atoms with E-state index in [9.17, 15) is 9.59 Å². The highest BCUT2D eigenvalue weighted by Crippen LogP contribution is 2.46. The van der Waals surface area contributed by atoms with Crippen molar-refractivity contribution in [2.45, 2.75) is 103 Å². The minimum Gasteiger partial charge on any atom is -0.469 e. The van der Waals surface area contributed by atoms with Crippen molar-refractivity contribution in [1.29, 1.82) is 0 Å². The van der Waals surface area contributed by atoms with E-state index in [-0.39, 0.29) is 24.0 Å². The Balaban J connectivity index is 0.000000188. The van der Waals surface area contributed by atoms with Crippen LogP contribution in [0.3, 0.4) is 0 Å². The predicted octanol–water partition coefficient (Wildman–Crippen LogP) is 10.4. The molecule has 6 rings (SSSR count). The molecule has 0 heterocycles. The quantitative estimate of drug-likeness (QED) is 0.196. The van der Waals surface area contributed by atoms with E-state index in [1.54, 1.807) is 0 Å². The number of hydrogen-bond acceptors (Lipinski definition) is 4. The van der Waals surface area contributed by atoms with Crippen LogP contribution in [0, 0.1) is 33.6 Å². The molecule has 48 heavy (non-hydrogen) atoms. The van der Waals surface area contributed by atoms with Gasteiger partial charge in [-0.05, 0) is 134 Å². The highest BCUT2D eigenvalue weighted by Gasteiger charge is 2.36. The molecule has 0 saturated heterocycles. The molecule has 0 bridgehead atoms. The summed E-state index contributed by atoms with van der Waals surface area (Å²) in [5.74, 6) is 1.45. The van der Waals surface area contributed by atoms with E-state index in [4.69, 9.17) is 9.47 Å². The minimum absolute atomic E-state index is 0.00506. The van der Waals surface area contributed by atoms with Crippen LogP contribution in [-0.4, -0.2) is 25.2 Å². The third-order valence-corrected chi connectivity index (χ3v) is 10.8. The Hall–Kier alpha value is -4.18. The first-order chi connectivity index (χ1) is 23.1. The number of hydrogen-bond donors (Lipinski definition) is 0. The molecule has 2 aliphatic carbocycles. The van der Waals surface area contributed by atoms with E-state index >= 15 is 0 Å². The van der Waals surface area contributed by atoms with Crippen molar-refractivity contribution in [1.82, 2.24) is 0 Å². The number of ether oxygens (including phenoxy) is 2. The standard InChI is InChI=1S/2C22H26O2/c1-15-8-4-6-10-20(15)17-12-18(14-19(13-17)22(23)24-3)21-11-7-5-9-16(21)2;1-15-8-4-6-10-21(15)18-12-19(14-20(13-18)24-17(3)23)22-11-7-5-9-16(22)2/h4-11,17-19H,12-14H2,1-3H3;4-11,18-20H,12-14H2,1-3H3. The van der Waals surface area contributed by atoms with Crippen LogP contribution in [0.5, 0.6) is 0 Å². The third kappa shape index (κ3) is 8.64. The zero-order valence-electron chi connectivity index (χ0n) is 29.6. The Morgan fingerprint density at radius 2 is 0.812 bits per heavy atom. The van der Waals surface area contributed by atoms with Gasteiger partial charge in [0, 0.05) is 6.92 Å². The van der Waals surface area contributed by atoms with Gasteiger partial charge in [0.2, 0.25) is 0 Å². The van der Waals surface area contributed by atoms with E-state index < -0.39 is 0 Å². The molecule has 4 aromatic rings. The van der Waals surface area contributed by atoms with Gasteiger partial charge in [-0.1, -0.05) is 97.1 Å². The average molecular weight is 645 g/mol. The molecule has 0 aromatic heterocycles. The molecule has 0 spiro atoms. The highest BCUT2D eigenvalue weighted by molar-refractivity contribution is 5.72. The topological polar surface area (TPSA) is 52.6 Å². The van der Waals surface area contributed by atoms with E-state index in [0.29, 0.717) is 23.7 Å². The first-order valence-corrected chi connectivity index (χ1v) is 17.6. The lowest BCUT2D eigenvalue weighted by Crippen LogP contribution is -2.28. The number of benzene rings is 4. The fourth-order valence-corrected chi connectivity index (χ4v) is 8.47. The molecule has 2 saturated carbocycles. The van der Waals surface area contributed by atoms with Crippen LogP contribution >= 0.6 is 0 Å². The fourth-order valence-electron chi connectivity index (χ4n) is 8.47. The van der Waals surface area contributed by atoms with Gasteiger partial charge >= 0.3 is 11.9 Å². The second kappa shape index (κ2) is 16.3. The number of carbonyl (C=O) groups is 2. The lowest BCUT2D eigenvalue weighted by atomic mass is 9.69. The SMILES string of the molecule is CC(=O)OC1CC(c2ccccc2C)CC(c2ccccc2C)C1.COC(=O)C1CC(c2ccccc2C)CC(c2ccccc2C)C1. The van der Waals surface area contributed by atoms with Gasteiger partial charge in [0.05, 0.1) is 13.0 Å². The average Bonchev–Trinajstić information content (AvgIpc) is 3.08. The normalized spacial score (nSPS) is 23.7. The van der Waals surface area contributed by atoms with E-state index in [0.717, 1.165) is 38.5 Å². The maximum Gasteiger partial charge on any atom is 0.308 e. The first kappa shape index (κ1) is 35.1. The van der Waals surface area contributed by atoms with Gasteiger partial charge in [0.25, 0.3) is 0 Å². The maximum absolute atomic E-state index is 12.3. The summed E-state index contributed by atoms with van der Waals surface area (Å²) in [7, 11) is 1.50. The van der Waals surface area contributed by atoms with E-state index in [1.165, 1.54) is 58.5 Å². The van der Waals surface area contributed by atoms with Crippen LogP contribution in [0.1, 0.15) is 114 Å². The third-order valence-electron chi connectivity index (χ3n) is 10.8. The second-order valence-electron chi connectivity index (χ2n) is 14.1. The van der Waals surface area contributed by atoms with Crippen molar-refractivity contribution >= 4 is 11.9 Å². The summed E-state index contributed by atoms with van der Waals surface area (Å²) in [5, 5.41) is 0. The first-order valence-electron chi connectivity index (χ1n) is 17.6. The number of carbonyl (C=O) groups excluding carboxylic acids is 2. The van der Waals surface area contributed by atoms with Crippen molar-refractivity contribution in [3.8, 4) is 0 Å². The molecule has 0 amide bonds. The highest BCUT2D eigenvalue weighted by atomic mass is 16.5. The van der Waals surface area contributed by atoms with Crippen LogP contribution in [0.25, 0.3) is 0 Å². The van der Waals surface area contributed by atoms with Gasteiger partial charge in [0.15, 0.2) is 0 Å². The summed E-state index contributed by atoms with van der Waals surface area (Å²) in [6.45, 7) is 10.2. The van der Waals surface area contributed by atoms with Crippen molar-refractivity contribution in [2.24, 2.45) is 5.92 Å². The molecule has 0 aliphatic heterocycles. The van der Waals surface area contributed by atoms with Crippen molar-refractivity contribution in [3.05, 3.63) is 142 Å². The number of esters is 2. The molecule has 252 valence electrons. The molecular formula is C44H52O4. The lowest BCUT2D eigenvalue weighted by molar-refractivity contribution is -0.148. The molecule has 0 N–H and O–H groups in total. The smallest absolute Gasteiger partial charge is 0.308 e. The minimum atomic E-state index is -0.172. The van der Waals surface area contributed by atoms with Crippen LogP contribution in [0.2, 0.25) is 0 Å². The molecule has 4 unspecified atom stereocenters. The summed E-state index contributed by atoms with van der Waals surface area (Å²) < 4.78 is 10.7. The summed E-state index contributed by atoms with van der Waals surface area (Å²) in [5.41, 5.74) is 10.8. The molecule has 4 nitrogen and oxygen atoms in total. The van der Waals surface area contributed by atoms with Crippen LogP contribution in [0.15, 0.2) is 97.1 Å². The molecule has 2 aliphatic rings. The van der Waals surface area contributed by atoms with Gasteiger partial charge < -0.3 is 9.47 Å². The molecule has 0 radical (unpaired) electrons. The number of methoxy groups -OCH3 is 1. The van der Waals surface area contributed by atoms with Gasteiger partial charge in [-0.3, -0.25) is 9.59 Å². The molecule has 4 aromatic carbocycles. The van der Waals surface area contributed by atoms with Crippen molar-refractivity contribution in [2.75, 3.05) is 7.11 Å². The van der Waals surface area contributed by atoms with E-state index in [2.05, 4.69) is 125 Å². The fraction of sp³-hybridized carbons (Fsp3) is 0.409. The Kier molecular flexibility index (Phi) is 11.9. The largest absolute Gasteiger partial charge is 0.469 e. The zero-order valence-corrected chi connectivity index (χ0v) is 29.6. The predicted molar refractivity (Wildman–Crippen MR) is 194 cm³/mol. The van der Waals surface area contributed by atoms with Gasteiger partial charge in [-0.15, -0.1) is 0 Å². The molecule has 4 atom stereocenters. The van der Waals surface area contributed by atoms with Crippen molar-refractivity contribution in [3.63, 3.8) is 0 Å². The monoisotopic (exact) mass is 644 g/mol. The zero-order chi connectivity index (χ0) is 34.2. The summed E-state index contributed by atoms with van der Waals surface area (Å²) >= 11 is 0. The molecular weight excluding hydrogens is 592 g/mol. The van der Waals surface area contributed by atoms with Crippen LogP contribution < -0.4 is 0 Å². The summed E-state index contributed by atoms with van der Waals surface area (Å²) in [4.78, 5) is 23.8. The lowest BCUT2D eigenvalue weighted by Gasteiger charge is -2.36. The second-order valence-corrected chi connectivity index (χ2v) is 14.1. The van der Waals surface area contributed by atoms with Gasteiger partial charge in [-0.2, -0.15) is 0 Å². The van der Waals surface area contributed by atoms with Crippen LogP contribution in [0.4, 0.5) is 0 Å². The molecule has 2 fully saturated rings. The molecule has 4 heteroatoms. The number of aryl methyl sites for hydroxylation is 4. The number of rotatable bonds is 6. The van der Waals surface area contributed by atoms with Crippen molar-refractivity contribution < 1.29 is 19.1 Å². The summed E-state index contributed by atoms with van der Waals surface area (Å²) in [6, 6.07) is 34.3.